The summed E-state index contributed by atoms with van der Waals surface area (Å²) in [5, 5.41) is 0. The third kappa shape index (κ3) is 4.86. The molecule has 1 aliphatic rings. The Hall–Kier alpha value is -0.220. The standard InChI is InChI=1S/C10H20F2N2/c1-10(11,12)5-8-14-6-2-3-9(13)4-7-14/h9H,2-8,13H2,1H3. The van der Waals surface area contributed by atoms with Crippen LogP contribution in [0.3, 0.4) is 0 Å². The Balaban J connectivity index is 2.24. The average Bonchev–Trinajstić information content (AvgIpc) is 2.25. The summed E-state index contributed by atoms with van der Waals surface area (Å²) in [5.74, 6) is -2.53. The number of hydrogen-bond donors (Lipinski definition) is 1. The summed E-state index contributed by atoms with van der Waals surface area (Å²) in [6.07, 6.45) is 2.97. The van der Waals surface area contributed by atoms with Gasteiger partial charge in [-0.1, -0.05) is 0 Å². The third-order valence-electron chi connectivity index (χ3n) is 2.73. The van der Waals surface area contributed by atoms with Crippen LogP contribution in [-0.2, 0) is 0 Å². The van der Waals surface area contributed by atoms with Gasteiger partial charge in [-0.25, -0.2) is 8.78 Å². The van der Waals surface area contributed by atoms with Crippen LogP contribution in [0.15, 0.2) is 0 Å². The Labute approximate surface area is 84.4 Å². The molecule has 0 aromatic rings. The summed E-state index contributed by atoms with van der Waals surface area (Å²) >= 11 is 0. The second-order valence-electron chi connectivity index (χ2n) is 4.35. The van der Waals surface area contributed by atoms with Crippen molar-refractivity contribution in [3.05, 3.63) is 0 Å². The van der Waals surface area contributed by atoms with Crippen LogP contribution >= 0.6 is 0 Å². The molecule has 4 heteroatoms. The van der Waals surface area contributed by atoms with Crippen LogP contribution in [0.2, 0.25) is 0 Å². The Bertz CT molecular complexity index is 168. The lowest BCUT2D eigenvalue weighted by molar-refractivity contribution is 0.00348. The van der Waals surface area contributed by atoms with Gasteiger partial charge in [0, 0.05) is 19.0 Å². The summed E-state index contributed by atoms with van der Waals surface area (Å²) in [7, 11) is 0. The SMILES string of the molecule is CC(F)(F)CCN1CCCC(N)CC1. The normalized spacial score (nSPS) is 26.1. The summed E-state index contributed by atoms with van der Waals surface area (Å²) in [4.78, 5) is 2.10. The molecule has 0 radical (unpaired) electrons. The molecular formula is C10H20F2N2. The van der Waals surface area contributed by atoms with Crippen molar-refractivity contribution in [2.75, 3.05) is 19.6 Å². The van der Waals surface area contributed by atoms with Crippen LogP contribution < -0.4 is 5.73 Å². The van der Waals surface area contributed by atoms with E-state index < -0.39 is 5.92 Å². The van der Waals surface area contributed by atoms with Gasteiger partial charge in [-0.3, -0.25) is 0 Å². The van der Waals surface area contributed by atoms with E-state index in [0.29, 0.717) is 6.54 Å². The van der Waals surface area contributed by atoms with E-state index in [2.05, 4.69) is 4.90 Å². The van der Waals surface area contributed by atoms with Crippen LogP contribution in [0.1, 0.15) is 32.6 Å². The number of rotatable bonds is 3. The maximum atomic E-state index is 12.6. The van der Waals surface area contributed by atoms with Gasteiger partial charge < -0.3 is 10.6 Å². The van der Waals surface area contributed by atoms with Crippen LogP contribution in [-0.4, -0.2) is 36.5 Å². The molecule has 1 heterocycles. The molecular weight excluding hydrogens is 186 g/mol. The number of alkyl halides is 2. The van der Waals surface area contributed by atoms with E-state index in [0.717, 1.165) is 39.3 Å². The summed E-state index contributed by atoms with van der Waals surface area (Å²) < 4.78 is 25.2. The third-order valence-corrected chi connectivity index (χ3v) is 2.73. The second-order valence-corrected chi connectivity index (χ2v) is 4.35. The van der Waals surface area contributed by atoms with Crippen molar-refractivity contribution in [1.82, 2.24) is 4.90 Å². The highest BCUT2D eigenvalue weighted by Crippen LogP contribution is 2.18. The van der Waals surface area contributed by atoms with Crippen molar-refractivity contribution in [1.29, 1.82) is 0 Å². The first kappa shape index (κ1) is 11.9. The summed E-state index contributed by atoms with van der Waals surface area (Å²) in [6.45, 7) is 3.27. The van der Waals surface area contributed by atoms with Crippen molar-refractivity contribution in [3.63, 3.8) is 0 Å². The molecule has 1 rings (SSSR count). The van der Waals surface area contributed by atoms with Gasteiger partial charge in [0.1, 0.15) is 0 Å². The first-order valence-corrected chi connectivity index (χ1v) is 5.33. The summed E-state index contributed by atoms with van der Waals surface area (Å²) in [5.41, 5.74) is 5.80. The van der Waals surface area contributed by atoms with Gasteiger partial charge >= 0.3 is 0 Å². The quantitative estimate of drug-likeness (QED) is 0.763. The van der Waals surface area contributed by atoms with Gasteiger partial charge in [0.2, 0.25) is 5.92 Å². The molecule has 84 valence electrons. The molecule has 0 bridgehead atoms. The molecule has 2 nitrogen and oxygen atoms in total. The molecule has 1 unspecified atom stereocenters. The van der Waals surface area contributed by atoms with E-state index in [1.54, 1.807) is 0 Å². The van der Waals surface area contributed by atoms with E-state index in [9.17, 15) is 8.78 Å². The molecule has 0 saturated carbocycles. The first-order valence-electron chi connectivity index (χ1n) is 5.33. The zero-order valence-corrected chi connectivity index (χ0v) is 8.81. The van der Waals surface area contributed by atoms with Crippen LogP contribution in [0.25, 0.3) is 0 Å². The van der Waals surface area contributed by atoms with Gasteiger partial charge in [0.15, 0.2) is 0 Å². The van der Waals surface area contributed by atoms with Gasteiger partial charge in [-0.05, 0) is 39.3 Å². The topological polar surface area (TPSA) is 29.3 Å². The molecule has 1 atom stereocenters. The average molecular weight is 206 g/mol. The largest absolute Gasteiger partial charge is 0.328 e. The predicted octanol–water partition coefficient (Wildman–Crippen LogP) is 1.84. The van der Waals surface area contributed by atoms with Gasteiger partial charge in [-0.2, -0.15) is 0 Å². The van der Waals surface area contributed by atoms with E-state index in [1.165, 1.54) is 0 Å². The smallest absolute Gasteiger partial charge is 0.246 e. The minimum Gasteiger partial charge on any atom is -0.328 e. The molecule has 0 aliphatic carbocycles. The Morgan fingerprint density at radius 3 is 2.71 bits per heavy atom. The van der Waals surface area contributed by atoms with Crippen LogP contribution in [0, 0.1) is 0 Å². The second kappa shape index (κ2) is 5.03. The fraction of sp³-hybridized carbons (Fsp3) is 1.00. The fourth-order valence-corrected chi connectivity index (χ4v) is 1.76. The molecule has 0 aromatic heterocycles. The molecule has 1 fully saturated rings. The number of hydrogen-bond acceptors (Lipinski definition) is 2. The number of likely N-dealkylation sites (tertiary alicyclic amines) is 1. The minimum absolute atomic E-state index is 0.0394. The Morgan fingerprint density at radius 2 is 2.07 bits per heavy atom. The van der Waals surface area contributed by atoms with E-state index in [1.807, 2.05) is 0 Å². The zero-order valence-electron chi connectivity index (χ0n) is 8.81. The maximum Gasteiger partial charge on any atom is 0.246 e. The highest BCUT2D eigenvalue weighted by Gasteiger charge is 2.23. The molecule has 14 heavy (non-hydrogen) atoms. The van der Waals surface area contributed by atoms with Crippen molar-refractivity contribution >= 4 is 0 Å². The van der Waals surface area contributed by atoms with Crippen LogP contribution in [0.5, 0.6) is 0 Å². The van der Waals surface area contributed by atoms with E-state index >= 15 is 0 Å². The van der Waals surface area contributed by atoms with E-state index in [-0.39, 0.29) is 12.5 Å². The fourth-order valence-electron chi connectivity index (χ4n) is 1.76. The molecule has 1 aliphatic heterocycles. The van der Waals surface area contributed by atoms with Crippen molar-refractivity contribution in [2.45, 2.75) is 44.6 Å². The minimum atomic E-state index is -2.53. The Kier molecular flexibility index (Phi) is 4.26. The first-order chi connectivity index (χ1) is 6.47. The lowest BCUT2D eigenvalue weighted by Crippen LogP contribution is -2.30. The molecule has 0 amide bonds. The zero-order chi connectivity index (χ0) is 10.6. The van der Waals surface area contributed by atoms with Crippen molar-refractivity contribution in [2.24, 2.45) is 5.73 Å². The molecule has 2 N–H and O–H groups in total. The van der Waals surface area contributed by atoms with Crippen molar-refractivity contribution in [3.8, 4) is 0 Å². The molecule has 0 aromatic carbocycles. The van der Waals surface area contributed by atoms with Gasteiger partial charge in [0.25, 0.3) is 0 Å². The van der Waals surface area contributed by atoms with Gasteiger partial charge in [-0.15, -0.1) is 0 Å². The highest BCUT2D eigenvalue weighted by molar-refractivity contribution is 4.73. The van der Waals surface area contributed by atoms with Gasteiger partial charge in [0.05, 0.1) is 0 Å². The maximum absolute atomic E-state index is 12.6. The Morgan fingerprint density at radius 1 is 1.36 bits per heavy atom. The number of nitrogens with two attached hydrogens (primary N) is 1. The molecule has 0 spiro atoms. The lowest BCUT2D eigenvalue weighted by atomic mass is 10.1. The van der Waals surface area contributed by atoms with Crippen molar-refractivity contribution < 1.29 is 8.78 Å². The predicted molar refractivity (Wildman–Crippen MR) is 53.5 cm³/mol. The van der Waals surface area contributed by atoms with E-state index in [4.69, 9.17) is 5.73 Å². The van der Waals surface area contributed by atoms with Crippen LogP contribution in [0.4, 0.5) is 8.78 Å². The number of nitrogens with zero attached hydrogens (tertiary/aromatic N) is 1. The molecule has 1 saturated heterocycles. The monoisotopic (exact) mass is 206 g/mol. The summed E-state index contributed by atoms with van der Waals surface area (Å²) in [6, 6.07) is 0.266. The lowest BCUT2D eigenvalue weighted by Gasteiger charge is -2.21. The number of halogens is 2. The highest BCUT2D eigenvalue weighted by atomic mass is 19.3.